The van der Waals surface area contributed by atoms with Gasteiger partial charge in [-0.2, -0.15) is 5.10 Å². The number of rotatable bonds is 6. The summed E-state index contributed by atoms with van der Waals surface area (Å²) in [6.07, 6.45) is 19.8. The maximum Gasteiger partial charge on any atom is 0.248 e. The molecule has 6 heteroatoms. The minimum Gasteiger partial charge on any atom is -0.374 e. The molecule has 1 aliphatic heterocycles. The summed E-state index contributed by atoms with van der Waals surface area (Å²) in [5.41, 5.74) is 8.73. The van der Waals surface area contributed by atoms with Crippen molar-refractivity contribution >= 4 is 17.7 Å². The fourth-order valence-corrected chi connectivity index (χ4v) is 3.30. The van der Waals surface area contributed by atoms with E-state index in [1.807, 2.05) is 41.5 Å². The van der Waals surface area contributed by atoms with Crippen molar-refractivity contribution in [2.75, 3.05) is 33.2 Å². The molecule has 0 spiro atoms. The van der Waals surface area contributed by atoms with Crippen LogP contribution in [0.3, 0.4) is 0 Å². The van der Waals surface area contributed by atoms with Gasteiger partial charge in [0.25, 0.3) is 0 Å². The van der Waals surface area contributed by atoms with Gasteiger partial charge in [-0.25, -0.2) is 4.68 Å². The van der Waals surface area contributed by atoms with E-state index >= 15 is 0 Å². The molecular weight excluding hydrogens is 362 g/mol. The molecule has 6 nitrogen and oxygen atoms in total. The van der Waals surface area contributed by atoms with E-state index in [1.54, 1.807) is 6.08 Å². The number of nitrogens with two attached hydrogens (primary N) is 1. The molecule has 1 amide bonds. The Hall–Kier alpha value is -3.12. The predicted molar refractivity (Wildman–Crippen MR) is 118 cm³/mol. The van der Waals surface area contributed by atoms with Crippen LogP contribution in [0.5, 0.6) is 0 Å². The second-order valence-corrected chi connectivity index (χ2v) is 7.47. The van der Waals surface area contributed by atoms with Gasteiger partial charge in [-0.15, -0.1) is 0 Å². The first-order valence-corrected chi connectivity index (χ1v) is 9.85. The first-order chi connectivity index (χ1) is 13.9. The van der Waals surface area contributed by atoms with Crippen molar-refractivity contribution in [1.82, 2.24) is 19.6 Å². The molecule has 0 bridgehead atoms. The Morgan fingerprint density at radius 1 is 1.21 bits per heavy atom. The maximum absolute atomic E-state index is 11.3. The normalized spacial score (nSPS) is 22.0. The molecule has 0 unspecified atom stereocenters. The summed E-state index contributed by atoms with van der Waals surface area (Å²) in [5.74, 6) is -0.269. The lowest BCUT2D eigenvalue weighted by atomic mass is 9.89. The molecule has 0 aromatic carbocycles. The Balaban J connectivity index is 1.84. The molecule has 0 saturated carbocycles. The first kappa shape index (κ1) is 20.6. The second kappa shape index (κ2) is 9.39. The molecule has 3 rings (SSSR count). The molecule has 29 heavy (non-hydrogen) atoms. The SMILES string of the molecule is C=C(/C=C\C(=C1\C=CC=C[C@@H]1C)c1cnn(/C=C/N2CCN(C)CC2)c1)C(N)=O. The highest BCUT2D eigenvalue weighted by atomic mass is 16.1. The number of piperazine rings is 1. The molecule has 1 atom stereocenters. The number of likely N-dealkylation sites (N-methyl/N-ethyl adjacent to an activating group) is 1. The molecule has 0 radical (unpaired) electrons. The van der Waals surface area contributed by atoms with Crippen LogP contribution >= 0.6 is 0 Å². The van der Waals surface area contributed by atoms with E-state index in [4.69, 9.17) is 5.73 Å². The number of allylic oxidation sites excluding steroid dienone is 7. The van der Waals surface area contributed by atoms with Gasteiger partial charge in [0.05, 0.1) is 6.20 Å². The quantitative estimate of drug-likeness (QED) is 0.598. The Labute approximate surface area is 172 Å². The van der Waals surface area contributed by atoms with Gasteiger partial charge in [0.2, 0.25) is 5.91 Å². The van der Waals surface area contributed by atoms with Crippen LogP contribution in [0.15, 0.2) is 72.8 Å². The number of primary amides is 1. The smallest absolute Gasteiger partial charge is 0.248 e. The fourth-order valence-electron chi connectivity index (χ4n) is 3.30. The summed E-state index contributed by atoms with van der Waals surface area (Å²) in [5, 5.41) is 4.49. The Bertz CT molecular complexity index is 907. The van der Waals surface area contributed by atoms with Crippen LogP contribution in [0, 0.1) is 5.92 Å². The summed E-state index contributed by atoms with van der Waals surface area (Å²) in [7, 11) is 2.15. The van der Waals surface area contributed by atoms with E-state index in [1.165, 1.54) is 0 Å². The van der Waals surface area contributed by atoms with Crippen molar-refractivity contribution in [1.29, 1.82) is 0 Å². The van der Waals surface area contributed by atoms with Crippen LogP contribution in [-0.2, 0) is 4.79 Å². The van der Waals surface area contributed by atoms with Crippen LogP contribution in [0.2, 0.25) is 0 Å². The van der Waals surface area contributed by atoms with Gasteiger partial charge in [0, 0.05) is 55.9 Å². The van der Waals surface area contributed by atoms with Crippen molar-refractivity contribution in [3.05, 3.63) is 78.3 Å². The monoisotopic (exact) mass is 391 g/mol. The number of hydrogen-bond acceptors (Lipinski definition) is 4. The van der Waals surface area contributed by atoms with Crippen molar-refractivity contribution in [2.24, 2.45) is 11.7 Å². The van der Waals surface area contributed by atoms with Gasteiger partial charge in [0.15, 0.2) is 0 Å². The zero-order valence-electron chi connectivity index (χ0n) is 17.2. The van der Waals surface area contributed by atoms with E-state index in [-0.39, 0.29) is 11.5 Å². The van der Waals surface area contributed by atoms with E-state index in [0.29, 0.717) is 0 Å². The predicted octanol–water partition coefficient (Wildman–Crippen LogP) is 2.67. The summed E-state index contributed by atoms with van der Waals surface area (Å²) in [6, 6.07) is 0. The third-order valence-electron chi connectivity index (χ3n) is 5.24. The van der Waals surface area contributed by atoms with Crippen molar-refractivity contribution in [3.8, 4) is 0 Å². The van der Waals surface area contributed by atoms with Gasteiger partial charge in [0.1, 0.15) is 0 Å². The fraction of sp³-hybridized carbons (Fsp3) is 0.304. The molecule has 152 valence electrons. The Morgan fingerprint density at radius 2 is 1.97 bits per heavy atom. The first-order valence-electron chi connectivity index (χ1n) is 9.85. The van der Waals surface area contributed by atoms with Gasteiger partial charge in [-0.3, -0.25) is 4.79 Å². The maximum atomic E-state index is 11.3. The minimum absolute atomic E-state index is 0.255. The molecule has 1 aliphatic carbocycles. The highest BCUT2D eigenvalue weighted by Crippen LogP contribution is 2.29. The van der Waals surface area contributed by atoms with E-state index < -0.39 is 5.91 Å². The average molecular weight is 392 g/mol. The molecule has 2 N–H and O–H groups in total. The number of carbonyl (C=O) groups is 1. The topological polar surface area (TPSA) is 67.4 Å². The Kier molecular flexibility index (Phi) is 6.67. The highest BCUT2D eigenvalue weighted by molar-refractivity contribution is 5.95. The molecule has 2 aliphatic rings. The summed E-state index contributed by atoms with van der Waals surface area (Å²) in [6.45, 7) is 10.0. The van der Waals surface area contributed by atoms with Gasteiger partial charge in [-0.05, 0) is 30.2 Å². The van der Waals surface area contributed by atoms with Gasteiger partial charge >= 0.3 is 0 Å². The lowest BCUT2D eigenvalue weighted by molar-refractivity contribution is -0.114. The van der Waals surface area contributed by atoms with Crippen LogP contribution < -0.4 is 5.73 Å². The van der Waals surface area contributed by atoms with E-state index in [9.17, 15) is 4.79 Å². The van der Waals surface area contributed by atoms with Crippen molar-refractivity contribution in [3.63, 3.8) is 0 Å². The van der Waals surface area contributed by atoms with Crippen LogP contribution in [0.25, 0.3) is 11.8 Å². The minimum atomic E-state index is -0.525. The number of hydrogen-bond donors (Lipinski definition) is 1. The molecule has 2 heterocycles. The van der Waals surface area contributed by atoms with Crippen LogP contribution in [-0.4, -0.2) is 58.7 Å². The van der Waals surface area contributed by atoms with E-state index in [2.05, 4.69) is 53.8 Å². The molecule has 1 aromatic rings. The standard InChI is InChI=1S/C23H29N5O/c1-18-6-4-5-7-21(18)22(9-8-19(2)23(24)29)20-16-25-28(17-20)15-14-27-12-10-26(3)11-13-27/h4-9,14-18H,2,10-13H2,1,3H3,(H2,24,29)/b9-8-,15-14+,22-21+/t18-/m0/s1. The van der Waals surface area contributed by atoms with Crippen molar-refractivity contribution < 1.29 is 4.79 Å². The van der Waals surface area contributed by atoms with Crippen LogP contribution in [0.1, 0.15) is 12.5 Å². The molecule has 1 aromatic heterocycles. The van der Waals surface area contributed by atoms with Crippen molar-refractivity contribution in [2.45, 2.75) is 6.92 Å². The second-order valence-electron chi connectivity index (χ2n) is 7.47. The number of carbonyl (C=O) groups excluding carboxylic acids is 1. The molecular formula is C23H29N5O. The lowest BCUT2D eigenvalue weighted by Crippen LogP contribution is -2.41. The number of amides is 1. The largest absolute Gasteiger partial charge is 0.374 e. The zero-order valence-corrected chi connectivity index (χ0v) is 17.2. The average Bonchev–Trinajstić information content (AvgIpc) is 3.17. The summed E-state index contributed by atoms with van der Waals surface area (Å²) >= 11 is 0. The number of nitrogens with zero attached hydrogens (tertiary/aromatic N) is 4. The number of aromatic nitrogens is 2. The molecule has 1 fully saturated rings. The lowest BCUT2D eigenvalue weighted by Gasteiger charge is -2.31. The summed E-state index contributed by atoms with van der Waals surface area (Å²) in [4.78, 5) is 16.0. The third-order valence-corrected chi connectivity index (χ3v) is 5.24. The van der Waals surface area contributed by atoms with E-state index in [0.717, 1.165) is 42.9 Å². The highest BCUT2D eigenvalue weighted by Gasteiger charge is 2.14. The summed E-state index contributed by atoms with van der Waals surface area (Å²) < 4.78 is 1.82. The van der Waals surface area contributed by atoms with Gasteiger partial charge in [-0.1, -0.05) is 43.9 Å². The molecule has 1 saturated heterocycles. The van der Waals surface area contributed by atoms with Crippen LogP contribution in [0.4, 0.5) is 0 Å². The zero-order chi connectivity index (χ0) is 20.8. The third kappa shape index (κ3) is 5.45. The van der Waals surface area contributed by atoms with Gasteiger partial charge < -0.3 is 15.5 Å². The Morgan fingerprint density at radius 3 is 2.66 bits per heavy atom.